The highest BCUT2D eigenvalue weighted by Crippen LogP contribution is 2.25. The Hall–Kier alpha value is -2.25. The summed E-state index contributed by atoms with van der Waals surface area (Å²) in [4.78, 5) is 12.8. The van der Waals surface area contributed by atoms with Crippen molar-refractivity contribution in [2.45, 2.75) is 32.2 Å². The van der Waals surface area contributed by atoms with Crippen LogP contribution in [0.4, 0.5) is 5.69 Å². The number of halogens is 1. The number of rotatable bonds is 10. The first-order valence-corrected chi connectivity index (χ1v) is 11.6. The van der Waals surface area contributed by atoms with Crippen LogP contribution < -0.4 is 14.4 Å². The van der Waals surface area contributed by atoms with Gasteiger partial charge in [-0.15, -0.1) is 0 Å². The van der Waals surface area contributed by atoms with Crippen LogP contribution >= 0.6 is 11.6 Å². The van der Waals surface area contributed by atoms with Gasteiger partial charge in [0.25, 0.3) is 0 Å². The second kappa shape index (κ2) is 10.5. The van der Waals surface area contributed by atoms with E-state index < -0.39 is 16.1 Å². The predicted molar refractivity (Wildman–Crippen MR) is 117 cm³/mol. The van der Waals surface area contributed by atoms with Crippen molar-refractivity contribution in [3.05, 3.63) is 59.1 Å². The van der Waals surface area contributed by atoms with Crippen LogP contribution in [0.5, 0.6) is 5.75 Å². The van der Waals surface area contributed by atoms with Gasteiger partial charge in [0.05, 0.1) is 19.1 Å². The molecule has 0 saturated carbocycles. The summed E-state index contributed by atoms with van der Waals surface area (Å²) < 4.78 is 31.2. The van der Waals surface area contributed by atoms with Crippen molar-refractivity contribution < 1.29 is 17.9 Å². The van der Waals surface area contributed by atoms with Crippen molar-refractivity contribution in [2.24, 2.45) is 0 Å². The van der Waals surface area contributed by atoms with Gasteiger partial charge >= 0.3 is 0 Å². The lowest BCUT2D eigenvalue weighted by atomic mass is 10.1. The minimum atomic E-state index is -3.67. The van der Waals surface area contributed by atoms with E-state index in [0.29, 0.717) is 23.7 Å². The third kappa shape index (κ3) is 6.65. The third-order valence-electron chi connectivity index (χ3n) is 4.47. The number of carbonyl (C=O) groups excluding carboxylic acids is 1. The SMILES string of the molecule is CCC(C(=O)NCCCc1cccc(OC)c1)N(c1cccc(Cl)c1)S(C)(=O)=O. The molecular formula is C21H27ClN2O4S. The van der Waals surface area contributed by atoms with E-state index in [4.69, 9.17) is 16.3 Å². The highest BCUT2D eigenvalue weighted by Gasteiger charge is 2.31. The zero-order valence-corrected chi connectivity index (χ0v) is 18.5. The van der Waals surface area contributed by atoms with E-state index in [2.05, 4.69) is 5.32 Å². The molecule has 1 unspecified atom stereocenters. The summed E-state index contributed by atoms with van der Waals surface area (Å²) in [5.74, 6) is 0.464. The van der Waals surface area contributed by atoms with Crippen molar-refractivity contribution >= 4 is 33.2 Å². The fraction of sp³-hybridized carbons (Fsp3) is 0.381. The molecule has 158 valence electrons. The lowest BCUT2D eigenvalue weighted by molar-refractivity contribution is -0.122. The second-order valence-electron chi connectivity index (χ2n) is 6.71. The topological polar surface area (TPSA) is 75.7 Å². The number of nitrogens with zero attached hydrogens (tertiary/aromatic N) is 1. The number of ether oxygens (including phenoxy) is 1. The van der Waals surface area contributed by atoms with Crippen LogP contribution in [0.1, 0.15) is 25.3 Å². The minimum absolute atomic E-state index is 0.330. The van der Waals surface area contributed by atoms with Crippen molar-refractivity contribution in [2.75, 3.05) is 24.2 Å². The van der Waals surface area contributed by atoms with E-state index in [1.807, 2.05) is 24.3 Å². The third-order valence-corrected chi connectivity index (χ3v) is 5.88. The molecule has 0 saturated heterocycles. The Bertz CT molecular complexity index is 934. The highest BCUT2D eigenvalue weighted by molar-refractivity contribution is 7.92. The van der Waals surface area contributed by atoms with Gasteiger partial charge in [-0.05, 0) is 55.2 Å². The Balaban J connectivity index is 2.03. The molecule has 0 bridgehead atoms. The Kier molecular flexibility index (Phi) is 8.34. The molecule has 6 nitrogen and oxygen atoms in total. The quantitative estimate of drug-likeness (QED) is 0.574. The largest absolute Gasteiger partial charge is 0.497 e. The fourth-order valence-electron chi connectivity index (χ4n) is 3.12. The molecule has 29 heavy (non-hydrogen) atoms. The number of anilines is 1. The maximum atomic E-state index is 12.8. The van der Waals surface area contributed by atoms with Crippen LogP contribution in [0.25, 0.3) is 0 Å². The van der Waals surface area contributed by atoms with E-state index >= 15 is 0 Å². The molecule has 0 aromatic heterocycles. The number of nitrogens with one attached hydrogen (secondary N) is 1. The van der Waals surface area contributed by atoms with Crippen molar-refractivity contribution in [3.63, 3.8) is 0 Å². The molecule has 2 aromatic carbocycles. The molecule has 1 N–H and O–H groups in total. The minimum Gasteiger partial charge on any atom is -0.497 e. The van der Waals surface area contributed by atoms with Gasteiger partial charge in [-0.3, -0.25) is 9.10 Å². The van der Waals surface area contributed by atoms with Gasteiger partial charge in [-0.1, -0.05) is 36.7 Å². The van der Waals surface area contributed by atoms with Crippen LogP contribution in [0.3, 0.4) is 0 Å². The number of amides is 1. The molecule has 0 spiro atoms. The Morgan fingerprint density at radius 1 is 1.21 bits per heavy atom. The Morgan fingerprint density at radius 3 is 2.55 bits per heavy atom. The first kappa shape index (κ1) is 23.0. The van der Waals surface area contributed by atoms with E-state index in [0.717, 1.165) is 34.7 Å². The molecule has 0 radical (unpaired) electrons. The van der Waals surface area contributed by atoms with Crippen molar-refractivity contribution in [1.82, 2.24) is 5.32 Å². The van der Waals surface area contributed by atoms with E-state index in [1.165, 1.54) is 0 Å². The van der Waals surface area contributed by atoms with E-state index in [-0.39, 0.29) is 5.91 Å². The lowest BCUT2D eigenvalue weighted by Gasteiger charge is -2.30. The molecule has 1 atom stereocenters. The van der Waals surface area contributed by atoms with E-state index in [1.54, 1.807) is 38.3 Å². The average Bonchev–Trinajstić information content (AvgIpc) is 2.68. The van der Waals surface area contributed by atoms with Gasteiger partial charge < -0.3 is 10.1 Å². The molecule has 0 aliphatic carbocycles. The first-order chi connectivity index (χ1) is 13.8. The number of hydrogen-bond donors (Lipinski definition) is 1. The van der Waals surface area contributed by atoms with E-state index in [9.17, 15) is 13.2 Å². The lowest BCUT2D eigenvalue weighted by Crippen LogP contribution is -2.49. The van der Waals surface area contributed by atoms with Crippen LogP contribution in [-0.2, 0) is 21.2 Å². The average molecular weight is 439 g/mol. The normalized spacial score (nSPS) is 12.3. The first-order valence-electron chi connectivity index (χ1n) is 9.42. The Morgan fingerprint density at radius 2 is 1.93 bits per heavy atom. The molecule has 8 heteroatoms. The van der Waals surface area contributed by atoms with Crippen molar-refractivity contribution in [1.29, 1.82) is 0 Å². The second-order valence-corrected chi connectivity index (χ2v) is 9.00. The summed E-state index contributed by atoms with van der Waals surface area (Å²) >= 11 is 6.02. The summed E-state index contributed by atoms with van der Waals surface area (Å²) in [7, 11) is -2.05. The number of aryl methyl sites for hydroxylation is 1. The molecule has 2 rings (SSSR count). The summed E-state index contributed by atoms with van der Waals surface area (Å²) in [6, 6.07) is 13.4. The molecule has 0 aliphatic rings. The molecule has 1 amide bonds. The summed E-state index contributed by atoms with van der Waals surface area (Å²) in [5, 5.41) is 3.27. The van der Waals surface area contributed by atoms with Gasteiger partial charge in [-0.25, -0.2) is 8.42 Å². The zero-order chi connectivity index (χ0) is 21.4. The number of hydrogen-bond acceptors (Lipinski definition) is 4. The Labute approximate surface area is 177 Å². The van der Waals surface area contributed by atoms with Gasteiger partial charge in [0.1, 0.15) is 11.8 Å². The predicted octanol–water partition coefficient (Wildman–Crippen LogP) is 3.64. The standard InChI is InChI=1S/C21H27ClN2O4S/c1-4-20(24(29(3,26)27)18-11-6-10-17(22)15-18)21(25)23-13-7-9-16-8-5-12-19(14-16)28-2/h5-6,8,10-12,14-15,20H,4,7,9,13H2,1-3H3,(H,23,25). The van der Waals surface area contributed by atoms with Gasteiger partial charge in [0.2, 0.25) is 15.9 Å². The fourth-order valence-corrected chi connectivity index (χ4v) is 4.51. The molecule has 0 heterocycles. The molecule has 2 aromatic rings. The number of methoxy groups -OCH3 is 1. The maximum Gasteiger partial charge on any atom is 0.243 e. The summed E-state index contributed by atoms with van der Waals surface area (Å²) in [6.45, 7) is 2.23. The molecular weight excluding hydrogens is 412 g/mol. The van der Waals surface area contributed by atoms with Crippen LogP contribution in [0.2, 0.25) is 5.02 Å². The van der Waals surface area contributed by atoms with Crippen LogP contribution in [0, 0.1) is 0 Å². The number of sulfonamides is 1. The van der Waals surface area contributed by atoms with Crippen molar-refractivity contribution in [3.8, 4) is 5.75 Å². The van der Waals surface area contributed by atoms with Crippen LogP contribution in [-0.4, -0.2) is 40.3 Å². The highest BCUT2D eigenvalue weighted by atomic mass is 35.5. The summed E-state index contributed by atoms with van der Waals surface area (Å²) in [6.07, 6.45) is 2.93. The monoisotopic (exact) mass is 438 g/mol. The smallest absolute Gasteiger partial charge is 0.243 e. The van der Waals surface area contributed by atoms with Gasteiger partial charge in [0, 0.05) is 11.6 Å². The molecule has 0 aliphatic heterocycles. The summed E-state index contributed by atoms with van der Waals surface area (Å²) in [5.41, 5.74) is 1.49. The van der Waals surface area contributed by atoms with Crippen LogP contribution in [0.15, 0.2) is 48.5 Å². The van der Waals surface area contributed by atoms with Gasteiger partial charge in [0.15, 0.2) is 0 Å². The zero-order valence-electron chi connectivity index (χ0n) is 16.9. The maximum absolute atomic E-state index is 12.8. The molecule has 0 fully saturated rings. The number of carbonyl (C=O) groups is 1. The van der Waals surface area contributed by atoms with Gasteiger partial charge in [-0.2, -0.15) is 0 Å². The number of benzene rings is 2.